The van der Waals surface area contributed by atoms with E-state index >= 15 is 0 Å². The van der Waals surface area contributed by atoms with Gasteiger partial charge in [-0.1, -0.05) is 166 Å². The minimum atomic E-state index is -0.218. The van der Waals surface area contributed by atoms with Crippen LogP contribution < -0.4 is 4.90 Å². The van der Waals surface area contributed by atoms with Gasteiger partial charge in [-0.3, -0.25) is 0 Å². The highest BCUT2D eigenvalue weighted by Gasteiger charge is 2.36. The maximum atomic E-state index is 6.31. The fourth-order valence-corrected chi connectivity index (χ4v) is 9.18. The van der Waals surface area contributed by atoms with E-state index in [-0.39, 0.29) is 5.41 Å². The molecule has 0 fully saturated rings. The van der Waals surface area contributed by atoms with Gasteiger partial charge in [0.15, 0.2) is 0 Å². The lowest BCUT2D eigenvalue weighted by Crippen LogP contribution is -2.17. The number of hydrogen-bond acceptors (Lipinski definition) is 2. The zero-order valence-electron chi connectivity index (χ0n) is 31.9. The van der Waals surface area contributed by atoms with Crippen molar-refractivity contribution in [3.05, 3.63) is 211 Å². The number of furan rings is 1. The molecule has 1 aliphatic carbocycles. The molecule has 57 heavy (non-hydrogen) atoms. The third-order valence-corrected chi connectivity index (χ3v) is 12.1. The molecule has 1 aliphatic rings. The van der Waals surface area contributed by atoms with Crippen LogP contribution in [0.2, 0.25) is 0 Å². The minimum Gasteiger partial charge on any atom is -0.456 e. The monoisotopic (exact) mass is 729 g/mol. The standard InChI is InChI=1S/C55H39NO/c1-55(2)50-33-40(44-20-12-16-38-15-6-7-17-43(38)44)27-30-46(50)47-31-28-42(35-51(47)55)56(41-29-32-54-49(34-41)48-19-9-11-22-53(48)57-54)52-21-10-8-18-45(52)39-25-23-37(24-26-39)36-13-4-3-5-14-36/h3-35H,1-2H3. The zero-order chi connectivity index (χ0) is 38.1. The predicted molar refractivity (Wildman–Crippen MR) is 240 cm³/mol. The fraction of sp³-hybridized carbons (Fsp3) is 0.0545. The summed E-state index contributed by atoms with van der Waals surface area (Å²) in [5.74, 6) is 0. The van der Waals surface area contributed by atoms with Crippen LogP contribution in [0.25, 0.3) is 77.2 Å². The van der Waals surface area contributed by atoms with Crippen molar-refractivity contribution in [2.45, 2.75) is 19.3 Å². The quantitative estimate of drug-likeness (QED) is 0.169. The van der Waals surface area contributed by atoms with Crippen molar-refractivity contribution < 1.29 is 4.42 Å². The molecular weight excluding hydrogens is 691 g/mol. The molecule has 0 aliphatic heterocycles. The van der Waals surface area contributed by atoms with Crippen LogP contribution in [-0.2, 0) is 5.41 Å². The summed E-state index contributed by atoms with van der Waals surface area (Å²) >= 11 is 0. The Balaban J connectivity index is 1.07. The largest absolute Gasteiger partial charge is 0.456 e. The second-order valence-corrected chi connectivity index (χ2v) is 15.7. The first kappa shape index (κ1) is 33.2. The van der Waals surface area contributed by atoms with Crippen LogP contribution in [0.3, 0.4) is 0 Å². The molecule has 0 N–H and O–H groups in total. The van der Waals surface area contributed by atoms with Gasteiger partial charge in [0, 0.05) is 33.1 Å². The van der Waals surface area contributed by atoms with E-state index in [9.17, 15) is 0 Å². The lowest BCUT2D eigenvalue weighted by Gasteiger charge is -2.30. The molecule has 270 valence electrons. The Kier molecular flexibility index (Phi) is 7.55. The summed E-state index contributed by atoms with van der Waals surface area (Å²) in [6, 6.07) is 72.7. The smallest absolute Gasteiger partial charge is 0.135 e. The van der Waals surface area contributed by atoms with E-state index in [1.54, 1.807) is 0 Å². The molecule has 10 aromatic rings. The summed E-state index contributed by atoms with van der Waals surface area (Å²) in [5.41, 5.74) is 17.4. The Hall–Kier alpha value is -7.16. The molecule has 0 unspecified atom stereocenters. The van der Waals surface area contributed by atoms with E-state index in [1.165, 1.54) is 60.8 Å². The van der Waals surface area contributed by atoms with Gasteiger partial charge in [0.2, 0.25) is 0 Å². The average molecular weight is 730 g/mol. The molecule has 1 heterocycles. The predicted octanol–water partition coefficient (Wildman–Crippen LogP) is 15.5. The Labute approximate surface area is 332 Å². The van der Waals surface area contributed by atoms with Gasteiger partial charge in [-0.2, -0.15) is 0 Å². The van der Waals surface area contributed by atoms with Gasteiger partial charge in [-0.15, -0.1) is 0 Å². The summed E-state index contributed by atoms with van der Waals surface area (Å²) in [6.07, 6.45) is 0. The van der Waals surface area contributed by atoms with Gasteiger partial charge in [0.05, 0.1) is 5.69 Å². The number of para-hydroxylation sites is 2. The first-order chi connectivity index (χ1) is 28.0. The Bertz CT molecular complexity index is 3150. The summed E-state index contributed by atoms with van der Waals surface area (Å²) < 4.78 is 6.31. The fourth-order valence-electron chi connectivity index (χ4n) is 9.18. The number of fused-ring (bicyclic) bond motifs is 7. The molecule has 0 atom stereocenters. The summed E-state index contributed by atoms with van der Waals surface area (Å²) in [4.78, 5) is 2.43. The summed E-state index contributed by atoms with van der Waals surface area (Å²) in [7, 11) is 0. The molecule has 2 heteroatoms. The third kappa shape index (κ3) is 5.40. The highest BCUT2D eigenvalue weighted by molar-refractivity contribution is 6.07. The van der Waals surface area contributed by atoms with Crippen molar-refractivity contribution in [3.8, 4) is 44.5 Å². The van der Waals surface area contributed by atoms with Crippen LogP contribution in [-0.4, -0.2) is 0 Å². The number of rotatable bonds is 6. The van der Waals surface area contributed by atoms with Crippen LogP contribution in [0.1, 0.15) is 25.0 Å². The van der Waals surface area contributed by atoms with Gasteiger partial charge in [0.1, 0.15) is 11.2 Å². The lowest BCUT2D eigenvalue weighted by atomic mass is 9.81. The van der Waals surface area contributed by atoms with Crippen molar-refractivity contribution in [1.29, 1.82) is 0 Å². The van der Waals surface area contributed by atoms with Crippen LogP contribution in [0.4, 0.5) is 17.1 Å². The Morgan fingerprint density at radius 2 is 0.947 bits per heavy atom. The van der Waals surface area contributed by atoms with Gasteiger partial charge in [-0.25, -0.2) is 0 Å². The molecule has 0 saturated carbocycles. The van der Waals surface area contributed by atoms with Crippen LogP contribution in [0.15, 0.2) is 205 Å². The highest BCUT2D eigenvalue weighted by atomic mass is 16.3. The summed E-state index contributed by atoms with van der Waals surface area (Å²) in [6.45, 7) is 4.76. The van der Waals surface area contributed by atoms with E-state index in [2.05, 4.69) is 207 Å². The van der Waals surface area contributed by atoms with Crippen molar-refractivity contribution in [1.82, 2.24) is 0 Å². The van der Waals surface area contributed by atoms with Crippen molar-refractivity contribution >= 4 is 49.8 Å². The molecule has 0 spiro atoms. The Morgan fingerprint density at radius 1 is 0.368 bits per heavy atom. The van der Waals surface area contributed by atoms with Crippen molar-refractivity contribution in [2.75, 3.05) is 4.90 Å². The first-order valence-corrected chi connectivity index (χ1v) is 19.8. The van der Waals surface area contributed by atoms with E-state index in [1.807, 2.05) is 12.1 Å². The van der Waals surface area contributed by atoms with E-state index < -0.39 is 0 Å². The second kappa shape index (κ2) is 13.0. The van der Waals surface area contributed by atoms with Gasteiger partial charge < -0.3 is 9.32 Å². The average Bonchev–Trinajstić information content (AvgIpc) is 3.75. The normalized spacial score (nSPS) is 12.9. The minimum absolute atomic E-state index is 0.218. The SMILES string of the molecule is CC1(C)c2cc(-c3cccc4ccccc34)ccc2-c2ccc(N(c3ccc4oc5ccccc5c4c3)c3ccccc3-c3ccc(-c4ccccc4)cc3)cc21. The lowest BCUT2D eigenvalue weighted by molar-refractivity contribution is 0.660. The zero-order valence-corrected chi connectivity index (χ0v) is 31.9. The third-order valence-electron chi connectivity index (χ3n) is 12.1. The van der Waals surface area contributed by atoms with Gasteiger partial charge >= 0.3 is 0 Å². The number of anilines is 3. The van der Waals surface area contributed by atoms with E-state index in [0.29, 0.717) is 0 Å². The number of nitrogens with zero attached hydrogens (tertiary/aromatic N) is 1. The Morgan fingerprint density at radius 3 is 1.81 bits per heavy atom. The summed E-state index contributed by atoms with van der Waals surface area (Å²) in [5, 5.41) is 4.76. The van der Waals surface area contributed by atoms with E-state index in [4.69, 9.17) is 4.42 Å². The number of benzene rings is 9. The van der Waals surface area contributed by atoms with Gasteiger partial charge in [0.25, 0.3) is 0 Å². The molecule has 0 saturated heterocycles. The molecule has 11 rings (SSSR count). The van der Waals surface area contributed by atoms with Gasteiger partial charge in [-0.05, 0) is 109 Å². The highest BCUT2D eigenvalue weighted by Crippen LogP contribution is 2.52. The van der Waals surface area contributed by atoms with Crippen molar-refractivity contribution in [2.24, 2.45) is 0 Å². The topological polar surface area (TPSA) is 16.4 Å². The number of hydrogen-bond donors (Lipinski definition) is 0. The van der Waals surface area contributed by atoms with Crippen LogP contribution in [0, 0.1) is 0 Å². The maximum Gasteiger partial charge on any atom is 0.135 e. The van der Waals surface area contributed by atoms with Crippen LogP contribution in [0.5, 0.6) is 0 Å². The van der Waals surface area contributed by atoms with Crippen molar-refractivity contribution in [3.63, 3.8) is 0 Å². The molecule has 9 aromatic carbocycles. The maximum absolute atomic E-state index is 6.31. The molecule has 0 amide bonds. The molecule has 0 bridgehead atoms. The van der Waals surface area contributed by atoms with Crippen LogP contribution >= 0.6 is 0 Å². The molecule has 2 nitrogen and oxygen atoms in total. The molecule has 0 radical (unpaired) electrons. The second-order valence-electron chi connectivity index (χ2n) is 15.7. The molecular formula is C55H39NO. The van der Waals surface area contributed by atoms with E-state index in [0.717, 1.165) is 44.6 Å². The molecule has 1 aromatic heterocycles. The first-order valence-electron chi connectivity index (χ1n) is 19.8.